The Bertz CT molecular complexity index is 1110. The highest BCUT2D eigenvalue weighted by Gasteiger charge is 2.32. The number of hydrogen-bond acceptors (Lipinski definition) is 4. The first-order valence-electron chi connectivity index (χ1n) is 9.56. The number of nitrogens with zero attached hydrogens (tertiary/aromatic N) is 4. The van der Waals surface area contributed by atoms with Crippen LogP contribution in [-0.2, 0) is 19.6 Å². The van der Waals surface area contributed by atoms with Crippen LogP contribution in [0.4, 0.5) is 22.0 Å². The monoisotopic (exact) mass is 452 g/mol. The molecule has 0 saturated heterocycles. The fourth-order valence-electron chi connectivity index (χ4n) is 3.46. The SMILES string of the molecule is O=C1c2c(ccnc2OCC(F)F)CN1Cc1ccc(-c2cnn(CC(F)(F)F)c2)cc1. The highest BCUT2D eigenvalue weighted by Crippen LogP contribution is 2.31. The zero-order valence-electron chi connectivity index (χ0n) is 16.5. The Kier molecular flexibility index (Phi) is 5.81. The van der Waals surface area contributed by atoms with E-state index < -0.39 is 25.8 Å². The third kappa shape index (κ3) is 4.87. The molecule has 1 aliphatic heterocycles. The summed E-state index contributed by atoms with van der Waals surface area (Å²) in [6.07, 6.45) is -2.96. The van der Waals surface area contributed by atoms with Gasteiger partial charge in [0.15, 0.2) is 6.61 Å². The molecule has 168 valence electrons. The van der Waals surface area contributed by atoms with E-state index in [1.807, 2.05) is 0 Å². The van der Waals surface area contributed by atoms with Crippen LogP contribution in [-0.4, -0.2) is 44.8 Å². The molecule has 0 fully saturated rings. The lowest BCUT2D eigenvalue weighted by Gasteiger charge is -2.16. The summed E-state index contributed by atoms with van der Waals surface area (Å²) in [7, 11) is 0. The Morgan fingerprint density at radius 2 is 1.84 bits per heavy atom. The lowest BCUT2D eigenvalue weighted by atomic mass is 10.1. The number of pyridine rings is 1. The molecular weight excluding hydrogens is 435 g/mol. The third-order valence-electron chi connectivity index (χ3n) is 4.85. The van der Waals surface area contributed by atoms with Crippen molar-refractivity contribution in [2.45, 2.75) is 32.2 Å². The van der Waals surface area contributed by atoms with Crippen molar-refractivity contribution in [2.75, 3.05) is 6.61 Å². The number of carbonyl (C=O) groups excluding carboxylic acids is 1. The molecule has 0 saturated carbocycles. The van der Waals surface area contributed by atoms with Gasteiger partial charge in [0, 0.05) is 31.0 Å². The van der Waals surface area contributed by atoms with E-state index in [0.717, 1.165) is 10.2 Å². The number of amides is 1. The maximum absolute atomic E-state index is 12.8. The first-order chi connectivity index (χ1) is 15.2. The predicted octanol–water partition coefficient (Wildman–Crippen LogP) is 4.31. The second-order valence-corrected chi connectivity index (χ2v) is 7.25. The molecule has 2 aromatic heterocycles. The molecule has 0 atom stereocenters. The van der Waals surface area contributed by atoms with E-state index in [9.17, 15) is 26.7 Å². The van der Waals surface area contributed by atoms with Crippen molar-refractivity contribution in [3.05, 3.63) is 65.6 Å². The number of ether oxygens (including phenoxy) is 1. The van der Waals surface area contributed by atoms with Gasteiger partial charge >= 0.3 is 6.18 Å². The van der Waals surface area contributed by atoms with E-state index in [4.69, 9.17) is 4.74 Å². The van der Waals surface area contributed by atoms with Crippen molar-refractivity contribution in [3.8, 4) is 17.0 Å². The van der Waals surface area contributed by atoms with Crippen molar-refractivity contribution in [3.63, 3.8) is 0 Å². The summed E-state index contributed by atoms with van der Waals surface area (Å²) in [4.78, 5) is 18.2. The molecule has 1 aromatic carbocycles. The van der Waals surface area contributed by atoms with Gasteiger partial charge in [0.25, 0.3) is 12.3 Å². The van der Waals surface area contributed by atoms with Gasteiger partial charge in [-0.3, -0.25) is 9.48 Å². The minimum absolute atomic E-state index is 0.110. The molecule has 3 aromatic rings. The minimum Gasteiger partial charge on any atom is -0.471 e. The average Bonchev–Trinajstić information content (AvgIpc) is 3.30. The topological polar surface area (TPSA) is 60.2 Å². The highest BCUT2D eigenvalue weighted by atomic mass is 19.4. The van der Waals surface area contributed by atoms with Gasteiger partial charge in [-0.25, -0.2) is 13.8 Å². The molecule has 32 heavy (non-hydrogen) atoms. The minimum atomic E-state index is -4.35. The zero-order valence-corrected chi connectivity index (χ0v) is 16.5. The van der Waals surface area contributed by atoms with Gasteiger partial charge < -0.3 is 9.64 Å². The number of rotatable bonds is 7. The van der Waals surface area contributed by atoms with Crippen LogP contribution in [0, 0.1) is 0 Å². The summed E-state index contributed by atoms with van der Waals surface area (Å²) in [5.41, 5.74) is 2.84. The Hall–Kier alpha value is -3.50. The van der Waals surface area contributed by atoms with Crippen molar-refractivity contribution >= 4 is 5.91 Å². The molecule has 1 amide bonds. The number of benzene rings is 1. The number of fused-ring (bicyclic) bond motifs is 1. The van der Waals surface area contributed by atoms with Gasteiger partial charge in [0.05, 0.1) is 6.20 Å². The molecule has 0 radical (unpaired) electrons. The van der Waals surface area contributed by atoms with Crippen molar-refractivity contribution in [1.29, 1.82) is 0 Å². The molecule has 6 nitrogen and oxygen atoms in total. The molecule has 0 aliphatic carbocycles. The molecular formula is C21H17F5N4O2. The number of aromatic nitrogens is 3. The van der Waals surface area contributed by atoms with Crippen LogP contribution in [0.3, 0.4) is 0 Å². The largest absolute Gasteiger partial charge is 0.471 e. The summed E-state index contributed by atoms with van der Waals surface area (Å²) >= 11 is 0. The van der Waals surface area contributed by atoms with Gasteiger partial charge in [0.2, 0.25) is 5.88 Å². The number of alkyl halides is 5. The molecule has 0 spiro atoms. The van der Waals surface area contributed by atoms with Crippen LogP contribution in [0.1, 0.15) is 21.5 Å². The summed E-state index contributed by atoms with van der Waals surface area (Å²) in [5, 5.41) is 3.73. The molecule has 11 heteroatoms. The van der Waals surface area contributed by atoms with Crippen molar-refractivity contribution in [2.24, 2.45) is 0 Å². The van der Waals surface area contributed by atoms with E-state index in [2.05, 4.69) is 10.1 Å². The fourth-order valence-corrected chi connectivity index (χ4v) is 3.46. The lowest BCUT2D eigenvalue weighted by molar-refractivity contribution is -0.142. The maximum Gasteiger partial charge on any atom is 0.408 e. The van der Waals surface area contributed by atoms with Gasteiger partial charge in [0.1, 0.15) is 12.1 Å². The fraction of sp³-hybridized carbons (Fsp3) is 0.286. The Balaban J connectivity index is 1.44. The lowest BCUT2D eigenvalue weighted by Crippen LogP contribution is -2.23. The van der Waals surface area contributed by atoms with E-state index >= 15 is 0 Å². The molecule has 1 aliphatic rings. The van der Waals surface area contributed by atoms with Crippen LogP contribution < -0.4 is 4.74 Å². The summed E-state index contributed by atoms with van der Waals surface area (Å²) < 4.78 is 68.2. The Labute approximate surface area is 179 Å². The number of halogens is 5. The van der Waals surface area contributed by atoms with Gasteiger partial charge in [-0.05, 0) is 22.8 Å². The van der Waals surface area contributed by atoms with Gasteiger partial charge in [-0.2, -0.15) is 18.3 Å². The van der Waals surface area contributed by atoms with Crippen molar-refractivity contribution < 1.29 is 31.5 Å². The molecule has 0 N–H and O–H groups in total. The van der Waals surface area contributed by atoms with Crippen LogP contribution in [0.25, 0.3) is 11.1 Å². The molecule has 0 bridgehead atoms. The second kappa shape index (κ2) is 8.56. The van der Waals surface area contributed by atoms with Gasteiger partial charge in [-0.1, -0.05) is 24.3 Å². The standard InChI is InChI=1S/C21H17F5N4O2/c22-17(23)11-32-19-18-15(5-6-27-19)9-29(20(18)31)8-13-1-3-14(4-2-13)16-7-28-30(10-16)12-21(24,25)26/h1-7,10,17H,8-9,11-12H2. The van der Waals surface area contributed by atoms with E-state index in [1.54, 1.807) is 30.3 Å². The van der Waals surface area contributed by atoms with Crippen LogP contribution in [0.5, 0.6) is 5.88 Å². The normalized spacial score (nSPS) is 13.7. The smallest absolute Gasteiger partial charge is 0.408 e. The predicted molar refractivity (Wildman–Crippen MR) is 103 cm³/mol. The molecule has 3 heterocycles. The summed E-state index contributed by atoms with van der Waals surface area (Å²) in [6.45, 7) is -1.47. The highest BCUT2D eigenvalue weighted by molar-refractivity contribution is 6.00. The Morgan fingerprint density at radius 1 is 1.09 bits per heavy atom. The quantitative estimate of drug-likeness (QED) is 0.502. The molecule has 0 unspecified atom stereocenters. The maximum atomic E-state index is 12.8. The number of hydrogen-bond donors (Lipinski definition) is 0. The van der Waals surface area contributed by atoms with Crippen LogP contribution in [0.15, 0.2) is 48.9 Å². The van der Waals surface area contributed by atoms with E-state index in [-0.39, 0.29) is 30.4 Å². The number of carbonyl (C=O) groups is 1. The average molecular weight is 452 g/mol. The summed E-state index contributed by atoms with van der Waals surface area (Å²) in [6, 6.07) is 8.63. The first-order valence-corrected chi connectivity index (χ1v) is 9.56. The van der Waals surface area contributed by atoms with Crippen LogP contribution >= 0.6 is 0 Å². The van der Waals surface area contributed by atoms with Crippen LogP contribution in [0.2, 0.25) is 0 Å². The van der Waals surface area contributed by atoms with Gasteiger partial charge in [-0.15, -0.1) is 0 Å². The zero-order chi connectivity index (χ0) is 22.9. The third-order valence-corrected chi connectivity index (χ3v) is 4.85. The Morgan fingerprint density at radius 3 is 2.53 bits per heavy atom. The van der Waals surface area contributed by atoms with Crippen molar-refractivity contribution in [1.82, 2.24) is 19.7 Å². The summed E-state index contributed by atoms with van der Waals surface area (Å²) in [5.74, 6) is -0.476. The van der Waals surface area contributed by atoms with E-state index in [1.165, 1.54) is 23.5 Å². The second-order valence-electron chi connectivity index (χ2n) is 7.25. The molecule has 4 rings (SSSR count). The first kappa shape index (κ1) is 21.7. The van der Waals surface area contributed by atoms with E-state index in [0.29, 0.717) is 16.7 Å².